The van der Waals surface area contributed by atoms with Gasteiger partial charge in [-0.2, -0.15) is 4.31 Å². The quantitative estimate of drug-likeness (QED) is 0.768. The lowest BCUT2D eigenvalue weighted by molar-refractivity contribution is 0.179. The first-order valence-corrected chi connectivity index (χ1v) is 11.8. The van der Waals surface area contributed by atoms with Crippen LogP contribution in [0.4, 0.5) is 0 Å². The number of hydrogen-bond donors (Lipinski definition) is 1. The molecule has 138 valence electrons. The number of sulfone groups is 1. The fourth-order valence-electron chi connectivity index (χ4n) is 3.97. The second-order valence-corrected chi connectivity index (χ2v) is 10.9. The molecule has 1 aromatic rings. The van der Waals surface area contributed by atoms with Crippen LogP contribution >= 0.6 is 0 Å². The van der Waals surface area contributed by atoms with Crippen molar-refractivity contribution < 1.29 is 16.8 Å². The van der Waals surface area contributed by atoms with E-state index in [1.165, 1.54) is 10.4 Å². The van der Waals surface area contributed by atoms with Crippen molar-refractivity contribution in [3.63, 3.8) is 0 Å². The van der Waals surface area contributed by atoms with Gasteiger partial charge in [0, 0.05) is 45.3 Å². The lowest BCUT2D eigenvalue weighted by Crippen LogP contribution is -2.49. The first kappa shape index (κ1) is 17.4. The second-order valence-electron chi connectivity index (χ2n) is 6.93. The number of hydrogen-bond acceptors (Lipinski definition) is 6. The minimum atomic E-state index is -3.66. The van der Waals surface area contributed by atoms with Gasteiger partial charge in [0.15, 0.2) is 9.84 Å². The Labute approximate surface area is 149 Å². The molecule has 3 heterocycles. The summed E-state index contributed by atoms with van der Waals surface area (Å²) in [6, 6.07) is 4.80. The molecule has 0 bridgehead atoms. The Morgan fingerprint density at radius 2 is 1.88 bits per heavy atom. The molecule has 0 amide bonds. The summed E-state index contributed by atoms with van der Waals surface area (Å²) in [6.07, 6.45) is 1.29. The molecular weight excluding hydrogens is 362 g/mol. The van der Waals surface area contributed by atoms with Gasteiger partial charge in [0.2, 0.25) is 10.0 Å². The maximum absolute atomic E-state index is 13.0. The fourth-order valence-corrected chi connectivity index (χ4v) is 7.15. The Balaban J connectivity index is 1.57. The zero-order valence-electron chi connectivity index (χ0n) is 14.0. The Hall–Kier alpha value is -1.00. The summed E-state index contributed by atoms with van der Waals surface area (Å²) < 4.78 is 51.6. The number of nitrogens with zero attached hydrogens (tertiary/aromatic N) is 2. The summed E-state index contributed by atoms with van der Waals surface area (Å²) in [5.74, 6) is 0.0701. The molecule has 0 saturated carbocycles. The molecule has 0 spiro atoms. The molecule has 3 aliphatic heterocycles. The van der Waals surface area contributed by atoms with Crippen molar-refractivity contribution >= 4 is 19.9 Å². The van der Waals surface area contributed by atoms with E-state index in [1.807, 2.05) is 0 Å². The molecule has 0 aromatic heterocycles. The molecule has 0 radical (unpaired) electrons. The smallest absolute Gasteiger partial charge is 0.243 e. The highest BCUT2D eigenvalue weighted by atomic mass is 32.2. The number of nitrogens with one attached hydrogen (secondary N) is 1. The fraction of sp³-hybridized carbons (Fsp3) is 0.625. The largest absolute Gasteiger partial charge is 0.314 e. The van der Waals surface area contributed by atoms with E-state index >= 15 is 0 Å². The predicted octanol–water partition coefficient (Wildman–Crippen LogP) is -0.315. The van der Waals surface area contributed by atoms with E-state index in [2.05, 4.69) is 10.2 Å². The molecule has 1 aromatic carbocycles. The first-order chi connectivity index (χ1) is 11.9. The van der Waals surface area contributed by atoms with E-state index in [0.717, 1.165) is 38.2 Å². The molecule has 7 nitrogen and oxygen atoms in total. The van der Waals surface area contributed by atoms with Crippen LogP contribution in [0.3, 0.4) is 0 Å². The number of aryl methyl sites for hydroxylation is 1. The molecule has 3 aliphatic rings. The van der Waals surface area contributed by atoms with Crippen LogP contribution in [0, 0.1) is 0 Å². The highest BCUT2D eigenvalue weighted by Gasteiger charge is 2.36. The highest BCUT2D eigenvalue weighted by Crippen LogP contribution is 2.30. The molecule has 1 N–H and O–H groups in total. The van der Waals surface area contributed by atoms with E-state index in [-0.39, 0.29) is 21.6 Å². The molecule has 2 saturated heterocycles. The Morgan fingerprint density at radius 3 is 2.64 bits per heavy atom. The summed E-state index contributed by atoms with van der Waals surface area (Å²) in [5.41, 5.74) is 0.721. The molecule has 25 heavy (non-hydrogen) atoms. The van der Waals surface area contributed by atoms with Gasteiger partial charge in [-0.25, -0.2) is 16.8 Å². The summed E-state index contributed by atoms with van der Waals surface area (Å²) >= 11 is 0. The maximum Gasteiger partial charge on any atom is 0.243 e. The van der Waals surface area contributed by atoms with Gasteiger partial charge in [0.1, 0.15) is 0 Å². The van der Waals surface area contributed by atoms with Crippen LogP contribution in [0.25, 0.3) is 0 Å². The Kier molecular flexibility index (Phi) is 4.40. The third-order valence-electron chi connectivity index (χ3n) is 5.45. The lowest BCUT2D eigenvalue weighted by Gasteiger charge is -2.32. The van der Waals surface area contributed by atoms with Crippen molar-refractivity contribution in [1.82, 2.24) is 14.5 Å². The highest BCUT2D eigenvalue weighted by molar-refractivity contribution is 7.92. The molecule has 9 heteroatoms. The van der Waals surface area contributed by atoms with Gasteiger partial charge in [0.05, 0.1) is 15.5 Å². The van der Waals surface area contributed by atoms with Crippen molar-refractivity contribution in [2.75, 3.05) is 45.0 Å². The Morgan fingerprint density at radius 1 is 1.12 bits per heavy atom. The molecule has 4 rings (SSSR count). The number of benzene rings is 1. The van der Waals surface area contributed by atoms with Crippen LogP contribution in [0.15, 0.2) is 28.0 Å². The lowest BCUT2D eigenvalue weighted by atomic mass is 10.2. The van der Waals surface area contributed by atoms with Crippen LogP contribution in [0.5, 0.6) is 0 Å². The average molecular weight is 386 g/mol. The minimum Gasteiger partial charge on any atom is -0.314 e. The van der Waals surface area contributed by atoms with Crippen molar-refractivity contribution in [3.8, 4) is 0 Å². The predicted molar refractivity (Wildman–Crippen MR) is 93.8 cm³/mol. The van der Waals surface area contributed by atoms with Gasteiger partial charge in [-0.05, 0) is 30.5 Å². The van der Waals surface area contributed by atoms with E-state index in [1.54, 1.807) is 12.1 Å². The van der Waals surface area contributed by atoms with Gasteiger partial charge in [-0.1, -0.05) is 6.07 Å². The van der Waals surface area contributed by atoms with Gasteiger partial charge < -0.3 is 5.32 Å². The van der Waals surface area contributed by atoms with Crippen LogP contribution in [0.1, 0.15) is 12.0 Å². The molecule has 2 fully saturated rings. The summed E-state index contributed by atoms with van der Waals surface area (Å²) in [5, 5.41) is 3.31. The van der Waals surface area contributed by atoms with Crippen LogP contribution < -0.4 is 5.32 Å². The van der Waals surface area contributed by atoms with Crippen LogP contribution in [0.2, 0.25) is 0 Å². The molecule has 1 atom stereocenters. The zero-order valence-corrected chi connectivity index (χ0v) is 15.7. The van der Waals surface area contributed by atoms with Gasteiger partial charge in [-0.3, -0.25) is 4.90 Å². The van der Waals surface area contributed by atoms with Crippen molar-refractivity contribution in [1.29, 1.82) is 0 Å². The average Bonchev–Trinajstić information content (AvgIpc) is 3.21. The third-order valence-corrected chi connectivity index (χ3v) is 9.10. The van der Waals surface area contributed by atoms with Crippen molar-refractivity contribution in [2.45, 2.75) is 28.7 Å². The second kappa shape index (κ2) is 6.31. The van der Waals surface area contributed by atoms with E-state index in [9.17, 15) is 16.8 Å². The van der Waals surface area contributed by atoms with Gasteiger partial charge in [0.25, 0.3) is 0 Å². The van der Waals surface area contributed by atoms with Crippen LogP contribution in [-0.4, -0.2) is 77.1 Å². The number of piperazine rings is 1. The van der Waals surface area contributed by atoms with Crippen LogP contribution in [-0.2, 0) is 26.3 Å². The number of rotatable bonds is 3. The minimum absolute atomic E-state index is 0.0701. The molecule has 1 unspecified atom stereocenters. The van der Waals surface area contributed by atoms with E-state index < -0.39 is 19.9 Å². The number of sulfonamides is 1. The maximum atomic E-state index is 13.0. The van der Waals surface area contributed by atoms with Gasteiger partial charge >= 0.3 is 0 Å². The monoisotopic (exact) mass is 385 g/mol. The normalized spacial score (nSPS) is 27.4. The van der Waals surface area contributed by atoms with Crippen molar-refractivity contribution in [2.24, 2.45) is 0 Å². The number of fused-ring (bicyclic) bond motifs is 1. The summed E-state index contributed by atoms with van der Waals surface area (Å²) in [7, 11) is -6.99. The molecule has 0 aliphatic carbocycles. The molecular formula is C16H23N3O4S2. The van der Waals surface area contributed by atoms with E-state index in [4.69, 9.17) is 0 Å². The topological polar surface area (TPSA) is 86.8 Å². The Bertz CT molecular complexity index is 877. The standard InChI is InChI=1S/C16H23N3O4S2/c20-24(21)10-4-13-1-2-15(11-16(13)24)25(22,23)19-7-3-14(12-19)18-8-5-17-6-9-18/h1-2,11,14,17H,3-10,12H2. The third kappa shape index (κ3) is 3.12. The first-order valence-electron chi connectivity index (χ1n) is 8.68. The van der Waals surface area contributed by atoms with Gasteiger partial charge in [-0.15, -0.1) is 0 Å². The van der Waals surface area contributed by atoms with Crippen molar-refractivity contribution in [3.05, 3.63) is 23.8 Å². The zero-order chi connectivity index (χ0) is 17.7. The summed E-state index contributed by atoms with van der Waals surface area (Å²) in [6.45, 7) is 4.72. The van der Waals surface area contributed by atoms with E-state index in [0.29, 0.717) is 19.5 Å². The summed E-state index contributed by atoms with van der Waals surface area (Å²) in [4.78, 5) is 2.63. The SMILES string of the molecule is O=S1(=O)CCc2ccc(S(=O)(=O)N3CCC(N4CCNCC4)C3)cc21.